The number of carbonyl (C=O) groups excluding carboxylic acids is 2. The van der Waals surface area contributed by atoms with Gasteiger partial charge >= 0.3 is 0 Å². The van der Waals surface area contributed by atoms with Crippen LogP contribution in [0.4, 0.5) is 8.78 Å². The molecule has 182 valence electrons. The Kier molecular flexibility index (Phi) is 6.32. The Morgan fingerprint density at radius 2 is 1.97 bits per heavy atom. The molecule has 5 rings (SSSR count). The van der Waals surface area contributed by atoms with Crippen LogP contribution in [0.3, 0.4) is 0 Å². The van der Waals surface area contributed by atoms with Crippen molar-refractivity contribution < 1.29 is 22.8 Å². The molecule has 2 fully saturated rings. The van der Waals surface area contributed by atoms with Gasteiger partial charge in [0.05, 0.1) is 24.5 Å². The molecule has 1 saturated carbocycles. The second kappa shape index (κ2) is 9.56. The summed E-state index contributed by atoms with van der Waals surface area (Å²) in [7, 11) is 0. The molecule has 0 bridgehead atoms. The summed E-state index contributed by atoms with van der Waals surface area (Å²) in [5.74, 6) is -0.529. The predicted molar refractivity (Wildman–Crippen MR) is 123 cm³/mol. The van der Waals surface area contributed by atoms with Gasteiger partial charge in [-0.2, -0.15) is 4.39 Å². The number of pyridine rings is 1. The molecule has 1 N–H and O–H groups in total. The number of nitrogens with zero attached hydrogens (tertiary/aromatic N) is 3. The second-order valence-electron chi connectivity index (χ2n) is 9.18. The molecule has 3 unspecified atom stereocenters. The Bertz CT molecular complexity index is 1230. The second-order valence-corrected chi connectivity index (χ2v) is 9.18. The van der Waals surface area contributed by atoms with E-state index in [-0.39, 0.29) is 31.2 Å². The summed E-state index contributed by atoms with van der Waals surface area (Å²) in [4.78, 5) is 35.6. The van der Waals surface area contributed by atoms with Crippen LogP contribution in [0.5, 0.6) is 0 Å². The third-order valence-electron chi connectivity index (χ3n) is 6.48. The van der Waals surface area contributed by atoms with Gasteiger partial charge in [-0.05, 0) is 37.3 Å². The number of nitrogens with one attached hydrogen (secondary N) is 1. The van der Waals surface area contributed by atoms with Gasteiger partial charge in [-0.3, -0.25) is 9.59 Å². The van der Waals surface area contributed by atoms with Gasteiger partial charge in [0.15, 0.2) is 0 Å². The number of halogens is 2. The maximum atomic E-state index is 14.7. The predicted octanol–water partition coefficient (Wildman–Crippen LogP) is 3.78. The largest absolute Gasteiger partial charge is 0.445 e. The third kappa shape index (κ3) is 5.08. The number of rotatable bonds is 7. The monoisotopic (exact) mass is 480 g/mol. The zero-order chi connectivity index (χ0) is 24.5. The molecular formula is C26H26F2N4O3. The van der Waals surface area contributed by atoms with Gasteiger partial charge < -0.3 is 14.6 Å². The van der Waals surface area contributed by atoms with Gasteiger partial charge in [-0.15, -0.1) is 0 Å². The van der Waals surface area contributed by atoms with E-state index in [2.05, 4.69) is 15.3 Å². The van der Waals surface area contributed by atoms with Gasteiger partial charge in [0.2, 0.25) is 23.7 Å². The first-order valence-electron chi connectivity index (χ1n) is 11.8. The molecule has 0 spiro atoms. The number of aryl methyl sites for hydroxylation is 1. The van der Waals surface area contributed by atoms with Crippen LogP contribution >= 0.6 is 0 Å². The summed E-state index contributed by atoms with van der Waals surface area (Å²) in [5.41, 5.74) is 1.63. The van der Waals surface area contributed by atoms with Crippen LogP contribution in [0.2, 0.25) is 0 Å². The fourth-order valence-electron chi connectivity index (χ4n) is 4.55. The molecule has 9 heteroatoms. The summed E-state index contributed by atoms with van der Waals surface area (Å²) < 4.78 is 34.5. The van der Waals surface area contributed by atoms with Crippen molar-refractivity contribution in [1.82, 2.24) is 20.2 Å². The van der Waals surface area contributed by atoms with Crippen molar-refractivity contribution in [2.75, 3.05) is 6.54 Å². The van der Waals surface area contributed by atoms with Crippen molar-refractivity contribution in [3.63, 3.8) is 0 Å². The zero-order valence-corrected chi connectivity index (χ0v) is 19.3. The number of alkyl halides is 1. The summed E-state index contributed by atoms with van der Waals surface area (Å²) >= 11 is 0. The Hall–Kier alpha value is -3.62. The highest BCUT2D eigenvalue weighted by atomic mass is 19.1. The first kappa shape index (κ1) is 23.1. The number of amides is 2. The van der Waals surface area contributed by atoms with E-state index >= 15 is 0 Å². The van der Waals surface area contributed by atoms with E-state index in [4.69, 9.17) is 4.42 Å². The SMILES string of the molecule is Cc1cnc(CC(=O)N2CC(F)CC2C(=O)NC(c2ccccc2)c2ccc(C3CC3)c(F)n2)o1. The summed E-state index contributed by atoms with van der Waals surface area (Å²) in [6.45, 7) is 1.53. The number of hydrogen-bond acceptors (Lipinski definition) is 5. The van der Waals surface area contributed by atoms with Crippen LogP contribution in [0.15, 0.2) is 53.1 Å². The molecule has 3 atom stereocenters. The standard InChI is InChI=1S/C26H26F2N4O3/c1-15-13-29-22(35-15)12-23(33)32-14-18(27)11-21(32)26(34)31-24(17-5-3-2-4-6-17)20-10-9-19(16-7-8-16)25(28)30-20/h2-6,9-10,13,16,18,21,24H,7-8,11-12,14H2,1H3,(H,31,34). The molecule has 2 aliphatic rings. The quantitative estimate of drug-likeness (QED) is 0.520. The van der Waals surface area contributed by atoms with Crippen molar-refractivity contribution in [3.05, 3.63) is 83.1 Å². The molecule has 3 heterocycles. The molecule has 0 radical (unpaired) electrons. The molecule has 1 aliphatic heterocycles. The minimum absolute atomic E-state index is 0.119. The highest BCUT2D eigenvalue weighted by molar-refractivity contribution is 5.89. The summed E-state index contributed by atoms with van der Waals surface area (Å²) in [5, 5.41) is 2.89. The van der Waals surface area contributed by atoms with E-state index in [1.165, 1.54) is 11.1 Å². The molecule has 1 aromatic carbocycles. The van der Waals surface area contributed by atoms with Crippen molar-refractivity contribution in [2.24, 2.45) is 0 Å². The third-order valence-corrected chi connectivity index (χ3v) is 6.48. The van der Waals surface area contributed by atoms with Crippen LogP contribution in [0.25, 0.3) is 0 Å². The van der Waals surface area contributed by atoms with Gasteiger partial charge in [0.1, 0.15) is 24.4 Å². The lowest BCUT2D eigenvalue weighted by molar-refractivity contribution is -0.138. The minimum atomic E-state index is -1.33. The van der Waals surface area contributed by atoms with Gasteiger partial charge in [0, 0.05) is 12.0 Å². The van der Waals surface area contributed by atoms with Crippen LogP contribution in [0, 0.1) is 12.9 Å². The fraction of sp³-hybridized carbons (Fsp3) is 0.385. The van der Waals surface area contributed by atoms with Crippen LogP contribution in [0.1, 0.15) is 59.7 Å². The van der Waals surface area contributed by atoms with Crippen molar-refractivity contribution >= 4 is 11.8 Å². The highest BCUT2D eigenvalue weighted by Crippen LogP contribution is 2.41. The normalized spacial score (nSPS) is 20.6. The Balaban J connectivity index is 1.38. The van der Waals surface area contributed by atoms with E-state index in [1.54, 1.807) is 31.2 Å². The first-order valence-corrected chi connectivity index (χ1v) is 11.8. The minimum Gasteiger partial charge on any atom is -0.445 e. The average molecular weight is 481 g/mol. The molecule has 2 aromatic heterocycles. The zero-order valence-electron chi connectivity index (χ0n) is 19.3. The lowest BCUT2D eigenvalue weighted by atomic mass is 10.0. The number of aromatic nitrogens is 2. The summed E-state index contributed by atoms with van der Waals surface area (Å²) in [6, 6.07) is 10.7. The molecule has 2 amide bonds. The number of benzene rings is 1. The van der Waals surface area contributed by atoms with Crippen LogP contribution in [-0.4, -0.2) is 45.4 Å². The first-order chi connectivity index (χ1) is 16.9. The highest BCUT2D eigenvalue weighted by Gasteiger charge is 2.41. The summed E-state index contributed by atoms with van der Waals surface area (Å²) in [6.07, 6.45) is 1.78. The van der Waals surface area contributed by atoms with E-state index in [1.807, 2.05) is 18.2 Å². The number of oxazole rings is 1. The van der Waals surface area contributed by atoms with Crippen LogP contribution in [-0.2, 0) is 16.0 Å². The molecular weight excluding hydrogens is 454 g/mol. The van der Waals surface area contributed by atoms with Crippen molar-refractivity contribution in [1.29, 1.82) is 0 Å². The molecule has 3 aromatic rings. The Morgan fingerprint density at radius 1 is 1.20 bits per heavy atom. The molecule has 1 saturated heterocycles. The average Bonchev–Trinajstić information content (AvgIpc) is 3.49. The molecule has 35 heavy (non-hydrogen) atoms. The lowest BCUT2D eigenvalue weighted by Crippen LogP contribution is -2.47. The number of carbonyl (C=O) groups is 2. The number of likely N-dealkylation sites (tertiary alicyclic amines) is 1. The van der Waals surface area contributed by atoms with E-state index in [9.17, 15) is 18.4 Å². The Labute approximate surface area is 201 Å². The molecule has 7 nitrogen and oxygen atoms in total. The van der Waals surface area contributed by atoms with E-state index in [0.29, 0.717) is 22.6 Å². The maximum Gasteiger partial charge on any atom is 0.243 e. The molecule has 1 aliphatic carbocycles. The smallest absolute Gasteiger partial charge is 0.243 e. The van der Waals surface area contributed by atoms with E-state index in [0.717, 1.165) is 12.8 Å². The van der Waals surface area contributed by atoms with Crippen LogP contribution < -0.4 is 5.32 Å². The maximum absolute atomic E-state index is 14.7. The van der Waals surface area contributed by atoms with Crippen molar-refractivity contribution in [2.45, 2.75) is 56.8 Å². The van der Waals surface area contributed by atoms with Gasteiger partial charge in [0.25, 0.3) is 0 Å². The fourth-order valence-corrected chi connectivity index (χ4v) is 4.55. The number of hydrogen-bond donors (Lipinski definition) is 1. The Morgan fingerprint density at radius 3 is 2.63 bits per heavy atom. The van der Waals surface area contributed by atoms with Crippen molar-refractivity contribution in [3.8, 4) is 0 Å². The van der Waals surface area contributed by atoms with E-state index < -0.39 is 36.0 Å². The topological polar surface area (TPSA) is 88.3 Å². The van der Waals surface area contributed by atoms with Gasteiger partial charge in [-0.25, -0.2) is 14.4 Å². The van der Waals surface area contributed by atoms with Gasteiger partial charge in [-0.1, -0.05) is 36.4 Å². The lowest BCUT2D eigenvalue weighted by Gasteiger charge is -2.26.